The van der Waals surface area contributed by atoms with E-state index in [1.165, 1.54) is 24.3 Å². The molecule has 0 radical (unpaired) electrons. The third-order valence-corrected chi connectivity index (χ3v) is 2.31. The van der Waals surface area contributed by atoms with Gasteiger partial charge in [-0.15, -0.1) is 0 Å². The predicted molar refractivity (Wildman–Crippen MR) is 59.1 cm³/mol. The SMILES string of the molecule is FC(F)(F)CNc1nc(C(F)(F)F)nc2ccccc12. The maximum atomic E-state index is 12.6. The van der Waals surface area contributed by atoms with Crippen LogP contribution in [0.1, 0.15) is 5.82 Å². The molecular weight excluding hydrogens is 288 g/mol. The highest BCUT2D eigenvalue weighted by molar-refractivity contribution is 5.89. The van der Waals surface area contributed by atoms with Crippen LogP contribution in [0, 0.1) is 0 Å². The summed E-state index contributed by atoms with van der Waals surface area (Å²) in [7, 11) is 0. The maximum absolute atomic E-state index is 12.6. The smallest absolute Gasteiger partial charge is 0.361 e. The molecule has 0 saturated heterocycles. The fourth-order valence-corrected chi connectivity index (χ4v) is 1.52. The van der Waals surface area contributed by atoms with E-state index in [0.717, 1.165) is 0 Å². The molecule has 0 bridgehead atoms. The second kappa shape index (κ2) is 4.80. The van der Waals surface area contributed by atoms with Gasteiger partial charge in [-0.25, -0.2) is 9.97 Å². The third kappa shape index (κ3) is 3.28. The average Bonchev–Trinajstić information content (AvgIpc) is 2.33. The number of aromatic nitrogens is 2. The van der Waals surface area contributed by atoms with E-state index in [1.54, 1.807) is 0 Å². The number of hydrogen-bond acceptors (Lipinski definition) is 3. The second-order valence-corrected chi connectivity index (χ2v) is 3.88. The lowest BCUT2D eigenvalue weighted by atomic mass is 10.2. The van der Waals surface area contributed by atoms with Crippen molar-refractivity contribution in [3.8, 4) is 0 Å². The van der Waals surface area contributed by atoms with Crippen LogP contribution in [0.4, 0.5) is 32.2 Å². The van der Waals surface area contributed by atoms with Crippen molar-refractivity contribution in [1.82, 2.24) is 9.97 Å². The van der Waals surface area contributed by atoms with Gasteiger partial charge in [0.1, 0.15) is 12.4 Å². The Bertz CT molecular complexity index is 620. The number of anilines is 1. The van der Waals surface area contributed by atoms with Crippen LogP contribution in [-0.2, 0) is 6.18 Å². The summed E-state index contributed by atoms with van der Waals surface area (Å²) in [5.74, 6) is -1.99. The van der Waals surface area contributed by atoms with Crippen molar-refractivity contribution in [3.63, 3.8) is 0 Å². The quantitative estimate of drug-likeness (QED) is 0.860. The molecule has 108 valence electrons. The Balaban J connectivity index is 2.50. The molecule has 2 aromatic rings. The molecule has 3 nitrogen and oxygen atoms in total. The van der Waals surface area contributed by atoms with Crippen molar-refractivity contribution < 1.29 is 26.3 Å². The van der Waals surface area contributed by atoms with Crippen molar-refractivity contribution in [2.24, 2.45) is 0 Å². The molecule has 1 N–H and O–H groups in total. The summed E-state index contributed by atoms with van der Waals surface area (Å²) in [5, 5.41) is 1.95. The molecule has 2 rings (SSSR count). The summed E-state index contributed by atoms with van der Waals surface area (Å²) in [5.41, 5.74) is -0.0838. The van der Waals surface area contributed by atoms with E-state index in [9.17, 15) is 26.3 Å². The van der Waals surface area contributed by atoms with Crippen molar-refractivity contribution in [1.29, 1.82) is 0 Å². The largest absolute Gasteiger partial charge is 0.451 e. The maximum Gasteiger partial charge on any atom is 0.451 e. The van der Waals surface area contributed by atoms with Crippen LogP contribution >= 0.6 is 0 Å². The molecule has 0 amide bonds. The topological polar surface area (TPSA) is 37.8 Å². The van der Waals surface area contributed by atoms with Crippen LogP contribution in [0.3, 0.4) is 0 Å². The molecule has 0 fully saturated rings. The minimum Gasteiger partial charge on any atom is -0.361 e. The summed E-state index contributed by atoms with van der Waals surface area (Å²) in [6, 6.07) is 5.51. The van der Waals surface area contributed by atoms with Crippen LogP contribution < -0.4 is 5.32 Å². The van der Waals surface area contributed by atoms with Crippen molar-refractivity contribution in [2.75, 3.05) is 11.9 Å². The number of halogens is 6. The number of benzene rings is 1. The second-order valence-electron chi connectivity index (χ2n) is 3.88. The number of hydrogen-bond donors (Lipinski definition) is 1. The van der Waals surface area contributed by atoms with E-state index in [1.807, 2.05) is 5.32 Å². The summed E-state index contributed by atoms with van der Waals surface area (Å²) in [6.45, 7) is -1.48. The lowest BCUT2D eigenvalue weighted by molar-refractivity contribution is -0.144. The molecular formula is C11H7F6N3. The van der Waals surface area contributed by atoms with Gasteiger partial charge >= 0.3 is 12.4 Å². The first-order chi connectivity index (χ1) is 9.17. The minimum absolute atomic E-state index is 0.0838. The van der Waals surface area contributed by atoms with Gasteiger partial charge in [-0.05, 0) is 12.1 Å². The lowest BCUT2D eigenvalue weighted by Crippen LogP contribution is -2.23. The summed E-state index contributed by atoms with van der Waals surface area (Å²) in [6.07, 6.45) is -9.40. The normalized spacial score (nSPS) is 12.7. The fourth-order valence-electron chi connectivity index (χ4n) is 1.52. The van der Waals surface area contributed by atoms with E-state index in [4.69, 9.17) is 0 Å². The average molecular weight is 295 g/mol. The van der Waals surface area contributed by atoms with Gasteiger partial charge in [-0.1, -0.05) is 12.1 Å². The standard InChI is InChI=1S/C11H7F6N3/c12-10(13,14)5-18-8-6-3-1-2-4-7(6)19-9(20-8)11(15,16)17/h1-4H,5H2,(H,18,19,20). The number of alkyl halides is 6. The summed E-state index contributed by atoms with van der Waals surface area (Å²) < 4.78 is 74.2. The molecule has 0 unspecified atom stereocenters. The van der Waals surface area contributed by atoms with Crippen molar-refractivity contribution >= 4 is 16.7 Å². The Hall–Kier alpha value is -2.06. The third-order valence-electron chi connectivity index (χ3n) is 2.31. The predicted octanol–water partition coefficient (Wildman–Crippen LogP) is 3.62. The van der Waals surface area contributed by atoms with Crippen LogP contribution in [0.25, 0.3) is 10.9 Å². The van der Waals surface area contributed by atoms with Crippen LogP contribution in [-0.4, -0.2) is 22.7 Å². The van der Waals surface area contributed by atoms with E-state index < -0.39 is 30.5 Å². The monoisotopic (exact) mass is 295 g/mol. The Labute approximate surface area is 108 Å². The number of rotatable bonds is 2. The highest BCUT2D eigenvalue weighted by atomic mass is 19.4. The number of nitrogens with one attached hydrogen (secondary N) is 1. The minimum atomic E-state index is -4.83. The van der Waals surface area contributed by atoms with Crippen molar-refractivity contribution in [2.45, 2.75) is 12.4 Å². The van der Waals surface area contributed by atoms with Gasteiger partial charge in [0.2, 0.25) is 5.82 Å². The van der Waals surface area contributed by atoms with E-state index in [0.29, 0.717) is 0 Å². The van der Waals surface area contributed by atoms with Gasteiger partial charge < -0.3 is 5.32 Å². The van der Waals surface area contributed by atoms with Gasteiger partial charge in [-0.2, -0.15) is 26.3 Å². The lowest BCUT2D eigenvalue weighted by Gasteiger charge is -2.13. The molecule has 0 aliphatic heterocycles. The first-order valence-electron chi connectivity index (χ1n) is 5.31. The zero-order valence-electron chi connectivity index (χ0n) is 9.68. The molecule has 9 heteroatoms. The Morgan fingerprint density at radius 3 is 2.20 bits per heavy atom. The Kier molecular flexibility index (Phi) is 3.45. The molecule has 0 aliphatic carbocycles. The van der Waals surface area contributed by atoms with Gasteiger partial charge in [0.15, 0.2) is 0 Å². The molecule has 0 atom stereocenters. The Morgan fingerprint density at radius 2 is 1.60 bits per heavy atom. The fraction of sp³-hybridized carbons (Fsp3) is 0.273. The first-order valence-corrected chi connectivity index (χ1v) is 5.31. The molecule has 0 saturated carbocycles. The van der Waals surface area contributed by atoms with Crippen LogP contribution in [0.5, 0.6) is 0 Å². The molecule has 1 heterocycles. The summed E-state index contributed by atoms with van der Waals surface area (Å²) >= 11 is 0. The molecule has 1 aromatic carbocycles. The summed E-state index contributed by atoms with van der Waals surface area (Å²) in [4.78, 5) is 6.42. The van der Waals surface area contributed by atoms with E-state index in [-0.39, 0.29) is 10.9 Å². The van der Waals surface area contributed by atoms with Gasteiger partial charge in [0, 0.05) is 5.39 Å². The number of nitrogens with zero attached hydrogens (tertiary/aromatic N) is 2. The zero-order valence-corrected chi connectivity index (χ0v) is 9.68. The molecule has 1 aromatic heterocycles. The highest BCUT2D eigenvalue weighted by Crippen LogP contribution is 2.30. The number of para-hydroxylation sites is 1. The van der Waals surface area contributed by atoms with Gasteiger partial charge in [0.25, 0.3) is 0 Å². The van der Waals surface area contributed by atoms with E-state index >= 15 is 0 Å². The zero-order chi connectivity index (χ0) is 15.0. The van der Waals surface area contributed by atoms with Gasteiger partial charge in [-0.3, -0.25) is 0 Å². The van der Waals surface area contributed by atoms with Crippen LogP contribution in [0.15, 0.2) is 24.3 Å². The highest BCUT2D eigenvalue weighted by Gasteiger charge is 2.36. The van der Waals surface area contributed by atoms with Crippen molar-refractivity contribution in [3.05, 3.63) is 30.1 Å². The number of fused-ring (bicyclic) bond motifs is 1. The van der Waals surface area contributed by atoms with Gasteiger partial charge in [0.05, 0.1) is 5.52 Å². The van der Waals surface area contributed by atoms with Crippen LogP contribution in [0.2, 0.25) is 0 Å². The molecule has 0 spiro atoms. The molecule has 0 aliphatic rings. The first kappa shape index (κ1) is 14.4. The molecule has 20 heavy (non-hydrogen) atoms. The van der Waals surface area contributed by atoms with E-state index in [2.05, 4.69) is 9.97 Å². The Morgan fingerprint density at radius 1 is 0.950 bits per heavy atom.